The van der Waals surface area contributed by atoms with Crippen LogP contribution in [-0.2, 0) is 14.3 Å². The standard InChI is InChI=1S/C6H6ClF3O3/c1-2-13-5(12)3(11)4(7)6(8,9)10/h4H,2H2,1H3. The van der Waals surface area contributed by atoms with Crippen molar-refractivity contribution in [2.24, 2.45) is 0 Å². The summed E-state index contributed by atoms with van der Waals surface area (Å²) in [6, 6.07) is 0. The summed E-state index contributed by atoms with van der Waals surface area (Å²) >= 11 is 4.66. The number of alkyl halides is 4. The van der Waals surface area contributed by atoms with Crippen LogP contribution in [0.2, 0.25) is 0 Å². The lowest BCUT2D eigenvalue weighted by Crippen LogP contribution is -2.37. The summed E-state index contributed by atoms with van der Waals surface area (Å²) in [6.07, 6.45) is -4.93. The van der Waals surface area contributed by atoms with Gasteiger partial charge in [0.2, 0.25) is 0 Å². The van der Waals surface area contributed by atoms with E-state index in [1.165, 1.54) is 6.92 Å². The summed E-state index contributed by atoms with van der Waals surface area (Å²) < 4.78 is 39.3. The van der Waals surface area contributed by atoms with Gasteiger partial charge in [0.05, 0.1) is 6.61 Å². The van der Waals surface area contributed by atoms with E-state index in [4.69, 9.17) is 0 Å². The molecule has 0 aliphatic carbocycles. The smallest absolute Gasteiger partial charge is 0.412 e. The molecular formula is C6H6ClF3O3. The molecule has 7 heteroatoms. The molecule has 13 heavy (non-hydrogen) atoms. The fourth-order valence-corrected chi connectivity index (χ4v) is 0.543. The lowest BCUT2D eigenvalue weighted by atomic mass is 10.3. The Kier molecular flexibility index (Phi) is 4.19. The maximum atomic E-state index is 11.7. The van der Waals surface area contributed by atoms with Gasteiger partial charge in [-0.1, -0.05) is 0 Å². The first kappa shape index (κ1) is 12.2. The monoisotopic (exact) mass is 218 g/mol. The third-order valence-corrected chi connectivity index (χ3v) is 1.44. The highest BCUT2D eigenvalue weighted by molar-refractivity contribution is 6.48. The zero-order chi connectivity index (χ0) is 10.6. The summed E-state index contributed by atoms with van der Waals surface area (Å²) in [6.45, 7) is 1.19. The number of ether oxygens (including phenoxy) is 1. The Morgan fingerprint density at radius 3 is 2.23 bits per heavy atom. The number of halogens is 4. The second kappa shape index (κ2) is 4.45. The van der Waals surface area contributed by atoms with Crippen LogP contribution in [-0.4, -0.2) is 29.9 Å². The van der Waals surface area contributed by atoms with Crippen molar-refractivity contribution in [3.63, 3.8) is 0 Å². The molecule has 1 unspecified atom stereocenters. The number of hydrogen-bond acceptors (Lipinski definition) is 3. The summed E-state index contributed by atoms with van der Waals surface area (Å²) in [7, 11) is 0. The van der Waals surface area contributed by atoms with E-state index in [0.29, 0.717) is 0 Å². The van der Waals surface area contributed by atoms with Gasteiger partial charge in [0.1, 0.15) is 0 Å². The SMILES string of the molecule is CCOC(=O)C(=O)C(Cl)C(F)(F)F. The molecule has 0 aromatic carbocycles. The van der Waals surface area contributed by atoms with Gasteiger partial charge in [0.15, 0.2) is 5.38 Å². The topological polar surface area (TPSA) is 43.4 Å². The largest absolute Gasteiger partial charge is 0.460 e. The van der Waals surface area contributed by atoms with Gasteiger partial charge >= 0.3 is 12.1 Å². The predicted molar refractivity (Wildman–Crippen MR) is 37.3 cm³/mol. The molecular weight excluding hydrogens is 213 g/mol. The summed E-state index contributed by atoms with van der Waals surface area (Å²) in [5.74, 6) is -3.36. The van der Waals surface area contributed by atoms with Crippen molar-refractivity contribution in [3.8, 4) is 0 Å². The number of carbonyl (C=O) groups excluding carboxylic acids is 2. The Balaban J connectivity index is 4.35. The fraction of sp³-hybridized carbons (Fsp3) is 0.667. The van der Waals surface area contributed by atoms with Crippen LogP contribution in [0.1, 0.15) is 6.92 Å². The van der Waals surface area contributed by atoms with Gasteiger partial charge in [-0.05, 0) is 6.92 Å². The fourth-order valence-electron chi connectivity index (χ4n) is 0.454. The molecule has 0 aromatic rings. The molecule has 0 fully saturated rings. The Morgan fingerprint density at radius 2 is 1.92 bits per heavy atom. The molecule has 3 nitrogen and oxygen atoms in total. The van der Waals surface area contributed by atoms with Crippen molar-refractivity contribution in [3.05, 3.63) is 0 Å². The maximum absolute atomic E-state index is 11.7. The number of ketones is 1. The molecule has 76 valence electrons. The molecule has 0 radical (unpaired) electrons. The van der Waals surface area contributed by atoms with Crippen LogP contribution in [0.25, 0.3) is 0 Å². The second-order valence-corrected chi connectivity index (χ2v) is 2.43. The first-order chi connectivity index (χ1) is 5.80. The van der Waals surface area contributed by atoms with E-state index in [2.05, 4.69) is 16.3 Å². The second-order valence-electron chi connectivity index (χ2n) is 1.99. The number of rotatable bonds is 3. The minimum Gasteiger partial charge on any atom is -0.460 e. The van der Waals surface area contributed by atoms with Crippen LogP contribution >= 0.6 is 11.6 Å². The summed E-state index contributed by atoms with van der Waals surface area (Å²) in [4.78, 5) is 21.0. The zero-order valence-corrected chi connectivity index (χ0v) is 7.28. The van der Waals surface area contributed by atoms with Crippen LogP contribution in [0.15, 0.2) is 0 Å². The van der Waals surface area contributed by atoms with Crippen LogP contribution in [0.4, 0.5) is 13.2 Å². The molecule has 0 aliphatic heterocycles. The minimum atomic E-state index is -4.93. The van der Waals surface area contributed by atoms with E-state index in [-0.39, 0.29) is 6.61 Å². The number of Topliss-reactive ketones (excluding diaryl/α,β-unsaturated/α-hetero) is 1. The van der Waals surface area contributed by atoms with E-state index >= 15 is 0 Å². The molecule has 0 rings (SSSR count). The first-order valence-corrected chi connectivity index (χ1v) is 3.66. The van der Waals surface area contributed by atoms with Gasteiger partial charge < -0.3 is 4.74 Å². The van der Waals surface area contributed by atoms with Gasteiger partial charge in [0, 0.05) is 0 Å². The quantitative estimate of drug-likeness (QED) is 0.407. The average Bonchev–Trinajstić information content (AvgIpc) is 2.00. The van der Waals surface area contributed by atoms with Crippen molar-refractivity contribution in [1.29, 1.82) is 0 Å². The average molecular weight is 219 g/mol. The third kappa shape index (κ3) is 3.63. The highest BCUT2D eigenvalue weighted by atomic mass is 35.5. The maximum Gasteiger partial charge on any atom is 0.412 e. The molecule has 0 aliphatic rings. The molecule has 0 spiro atoms. The molecule has 0 bridgehead atoms. The summed E-state index contributed by atoms with van der Waals surface area (Å²) in [5, 5.41) is -2.83. The van der Waals surface area contributed by atoms with E-state index in [9.17, 15) is 22.8 Å². The highest BCUT2D eigenvalue weighted by Gasteiger charge is 2.46. The van der Waals surface area contributed by atoms with Crippen LogP contribution in [0, 0.1) is 0 Å². The van der Waals surface area contributed by atoms with Crippen LogP contribution in [0.3, 0.4) is 0 Å². The Morgan fingerprint density at radius 1 is 1.46 bits per heavy atom. The predicted octanol–water partition coefficient (Wildman–Crippen LogP) is 1.29. The van der Waals surface area contributed by atoms with Crippen LogP contribution in [0.5, 0.6) is 0 Å². The molecule has 1 atom stereocenters. The minimum absolute atomic E-state index is 0.175. The van der Waals surface area contributed by atoms with Gasteiger partial charge in [-0.15, -0.1) is 11.6 Å². The van der Waals surface area contributed by atoms with Crippen molar-refractivity contribution in [1.82, 2.24) is 0 Å². The Labute approximate surface area is 76.8 Å². The third-order valence-electron chi connectivity index (χ3n) is 0.994. The van der Waals surface area contributed by atoms with Crippen molar-refractivity contribution in [2.75, 3.05) is 6.61 Å². The zero-order valence-electron chi connectivity index (χ0n) is 6.52. The molecule has 0 amide bonds. The number of esters is 1. The summed E-state index contributed by atoms with van der Waals surface area (Å²) in [5.41, 5.74) is 0. The van der Waals surface area contributed by atoms with Crippen molar-refractivity contribution in [2.45, 2.75) is 18.5 Å². The first-order valence-electron chi connectivity index (χ1n) is 3.22. The van der Waals surface area contributed by atoms with Gasteiger partial charge in [0.25, 0.3) is 5.78 Å². The van der Waals surface area contributed by atoms with Gasteiger partial charge in [-0.25, -0.2) is 4.79 Å². The van der Waals surface area contributed by atoms with E-state index < -0.39 is 23.3 Å². The van der Waals surface area contributed by atoms with Crippen molar-refractivity contribution >= 4 is 23.4 Å². The number of carbonyl (C=O) groups is 2. The Hall–Kier alpha value is -0.780. The molecule has 0 N–H and O–H groups in total. The van der Waals surface area contributed by atoms with Gasteiger partial charge in [-0.3, -0.25) is 4.79 Å². The lowest BCUT2D eigenvalue weighted by Gasteiger charge is -2.10. The highest BCUT2D eigenvalue weighted by Crippen LogP contribution is 2.25. The Bertz CT molecular complexity index is 214. The molecule has 0 aromatic heterocycles. The van der Waals surface area contributed by atoms with Crippen molar-refractivity contribution < 1.29 is 27.5 Å². The molecule has 0 saturated heterocycles. The molecule has 0 saturated carbocycles. The van der Waals surface area contributed by atoms with Gasteiger partial charge in [-0.2, -0.15) is 13.2 Å². The lowest BCUT2D eigenvalue weighted by molar-refractivity contribution is -0.165. The van der Waals surface area contributed by atoms with E-state index in [1.54, 1.807) is 0 Å². The number of hydrogen-bond donors (Lipinski definition) is 0. The van der Waals surface area contributed by atoms with Crippen LogP contribution < -0.4 is 0 Å². The normalized spacial score (nSPS) is 13.6. The van der Waals surface area contributed by atoms with E-state index in [1.807, 2.05) is 0 Å². The van der Waals surface area contributed by atoms with E-state index in [0.717, 1.165) is 0 Å². The molecule has 0 heterocycles.